The van der Waals surface area contributed by atoms with E-state index in [0.717, 1.165) is 0 Å². The summed E-state index contributed by atoms with van der Waals surface area (Å²) >= 11 is 0. The molecule has 17 heavy (non-hydrogen) atoms. The van der Waals surface area contributed by atoms with E-state index in [-0.39, 0.29) is 12.2 Å². The molecular weight excluding hydrogens is 222 g/mol. The summed E-state index contributed by atoms with van der Waals surface area (Å²) in [6.45, 7) is 1.75. The number of aliphatic carboxylic acids is 1. The number of methoxy groups -OCH3 is 1. The number of carboxylic acids is 1. The summed E-state index contributed by atoms with van der Waals surface area (Å²) in [4.78, 5) is 10.5. The first-order chi connectivity index (χ1) is 7.95. The van der Waals surface area contributed by atoms with Gasteiger partial charge in [-0.05, 0) is 31.0 Å². The molecule has 1 rings (SSSR count). The predicted octanol–water partition coefficient (Wildman–Crippen LogP) is 1.57. The molecule has 0 saturated heterocycles. The minimum absolute atomic E-state index is 0.0149. The first-order valence-electron chi connectivity index (χ1n) is 5.30. The van der Waals surface area contributed by atoms with Crippen LogP contribution in [-0.4, -0.2) is 23.3 Å². The Hall–Kier alpha value is -1.75. The largest absolute Gasteiger partial charge is 0.508 e. The van der Waals surface area contributed by atoms with Crippen molar-refractivity contribution >= 4 is 5.97 Å². The molecule has 0 aromatic heterocycles. The summed E-state index contributed by atoms with van der Waals surface area (Å²) in [6, 6.07) is 2.75. The summed E-state index contributed by atoms with van der Waals surface area (Å²) < 4.78 is 5.17. The molecule has 0 heterocycles. The molecule has 94 valence electrons. The van der Waals surface area contributed by atoms with Crippen LogP contribution in [0.15, 0.2) is 12.1 Å². The second kappa shape index (κ2) is 5.54. The van der Waals surface area contributed by atoms with Gasteiger partial charge in [-0.3, -0.25) is 4.79 Å². The van der Waals surface area contributed by atoms with Crippen molar-refractivity contribution in [2.75, 3.05) is 7.11 Å². The lowest BCUT2D eigenvalue weighted by Gasteiger charge is -2.16. The highest BCUT2D eigenvalue weighted by molar-refractivity contribution is 5.66. The van der Waals surface area contributed by atoms with Crippen LogP contribution in [0.2, 0.25) is 0 Å². The van der Waals surface area contributed by atoms with Gasteiger partial charge < -0.3 is 20.7 Å². The van der Waals surface area contributed by atoms with Gasteiger partial charge in [0.05, 0.1) is 7.11 Å². The van der Waals surface area contributed by atoms with Crippen molar-refractivity contribution < 1.29 is 19.7 Å². The average molecular weight is 239 g/mol. The number of hydrogen-bond acceptors (Lipinski definition) is 4. The molecule has 0 radical (unpaired) electrons. The summed E-state index contributed by atoms with van der Waals surface area (Å²) in [7, 11) is 1.51. The van der Waals surface area contributed by atoms with E-state index in [2.05, 4.69) is 0 Å². The lowest BCUT2D eigenvalue weighted by atomic mass is 9.99. The Kier molecular flexibility index (Phi) is 4.34. The molecule has 0 aliphatic carbocycles. The quantitative estimate of drug-likeness (QED) is 0.725. The van der Waals surface area contributed by atoms with Gasteiger partial charge in [-0.25, -0.2) is 0 Å². The molecule has 5 nitrogen and oxygen atoms in total. The zero-order chi connectivity index (χ0) is 13.0. The molecule has 1 aromatic carbocycles. The fourth-order valence-corrected chi connectivity index (χ4v) is 1.59. The topological polar surface area (TPSA) is 92.8 Å². The zero-order valence-electron chi connectivity index (χ0n) is 9.93. The Morgan fingerprint density at radius 3 is 2.71 bits per heavy atom. The highest BCUT2D eigenvalue weighted by Crippen LogP contribution is 2.32. The van der Waals surface area contributed by atoms with Crippen LogP contribution in [0.1, 0.15) is 30.0 Å². The van der Waals surface area contributed by atoms with E-state index in [1.165, 1.54) is 13.2 Å². The van der Waals surface area contributed by atoms with Crippen molar-refractivity contribution in [3.63, 3.8) is 0 Å². The molecule has 0 saturated carbocycles. The van der Waals surface area contributed by atoms with Gasteiger partial charge >= 0.3 is 5.97 Å². The van der Waals surface area contributed by atoms with E-state index in [4.69, 9.17) is 15.6 Å². The molecular formula is C12H17NO4. The van der Waals surface area contributed by atoms with E-state index in [9.17, 15) is 9.90 Å². The second-order valence-corrected chi connectivity index (χ2v) is 3.92. The van der Waals surface area contributed by atoms with E-state index in [0.29, 0.717) is 23.3 Å². The van der Waals surface area contributed by atoms with Crippen molar-refractivity contribution in [1.29, 1.82) is 0 Å². The first kappa shape index (κ1) is 13.3. The number of aryl methyl sites for hydroxylation is 1. The highest BCUT2D eigenvalue weighted by Gasteiger charge is 2.15. The number of nitrogens with two attached hydrogens (primary N) is 1. The van der Waals surface area contributed by atoms with Crippen LogP contribution < -0.4 is 10.5 Å². The minimum atomic E-state index is -0.893. The summed E-state index contributed by atoms with van der Waals surface area (Å²) in [5, 5.41) is 18.2. The predicted molar refractivity (Wildman–Crippen MR) is 63.2 cm³/mol. The summed E-state index contributed by atoms with van der Waals surface area (Å²) in [5.41, 5.74) is 7.20. The van der Waals surface area contributed by atoms with Crippen LogP contribution >= 0.6 is 0 Å². The van der Waals surface area contributed by atoms with Crippen molar-refractivity contribution in [3.05, 3.63) is 23.3 Å². The summed E-state index contributed by atoms with van der Waals surface area (Å²) in [5.74, 6) is -0.194. The maximum atomic E-state index is 10.5. The second-order valence-electron chi connectivity index (χ2n) is 3.92. The maximum absolute atomic E-state index is 10.5. The average Bonchev–Trinajstić information content (AvgIpc) is 2.28. The highest BCUT2D eigenvalue weighted by atomic mass is 16.5. The number of aromatic hydroxyl groups is 1. The third-order valence-corrected chi connectivity index (χ3v) is 2.62. The molecule has 1 unspecified atom stereocenters. The van der Waals surface area contributed by atoms with Crippen LogP contribution in [0.25, 0.3) is 0 Å². The SMILES string of the molecule is COc1cc(C)c(O)cc1C(N)CCC(=O)O. The first-order valence-corrected chi connectivity index (χ1v) is 5.30. The molecule has 1 atom stereocenters. The third kappa shape index (κ3) is 3.35. The molecule has 0 fully saturated rings. The molecule has 5 heteroatoms. The van der Waals surface area contributed by atoms with Crippen molar-refractivity contribution in [3.8, 4) is 11.5 Å². The van der Waals surface area contributed by atoms with E-state index >= 15 is 0 Å². The van der Waals surface area contributed by atoms with Crippen LogP contribution in [0, 0.1) is 6.92 Å². The molecule has 1 aromatic rings. The lowest BCUT2D eigenvalue weighted by Crippen LogP contribution is -2.13. The van der Waals surface area contributed by atoms with E-state index in [1.807, 2.05) is 0 Å². The Morgan fingerprint density at radius 2 is 2.18 bits per heavy atom. The molecule has 0 aliphatic rings. The number of rotatable bonds is 5. The smallest absolute Gasteiger partial charge is 0.303 e. The van der Waals surface area contributed by atoms with Gasteiger partial charge in [0.25, 0.3) is 0 Å². The van der Waals surface area contributed by atoms with Gasteiger partial charge in [-0.1, -0.05) is 0 Å². The molecule has 0 spiro atoms. The van der Waals surface area contributed by atoms with Crippen LogP contribution in [0.3, 0.4) is 0 Å². The zero-order valence-corrected chi connectivity index (χ0v) is 9.93. The monoisotopic (exact) mass is 239 g/mol. The van der Waals surface area contributed by atoms with Crippen molar-refractivity contribution in [2.24, 2.45) is 5.73 Å². The molecule has 0 amide bonds. The Balaban J connectivity index is 2.95. The van der Waals surface area contributed by atoms with Crippen LogP contribution in [0.4, 0.5) is 0 Å². The number of ether oxygens (including phenoxy) is 1. The third-order valence-electron chi connectivity index (χ3n) is 2.62. The summed E-state index contributed by atoms with van der Waals surface area (Å²) in [6.07, 6.45) is 0.285. The number of carboxylic acid groups (broad SMARTS) is 1. The van der Waals surface area contributed by atoms with Crippen LogP contribution in [-0.2, 0) is 4.79 Å². The van der Waals surface area contributed by atoms with E-state index in [1.54, 1.807) is 13.0 Å². The Bertz CT molecular complexity index is 417. The fourth-order valence-electron chi connectivity index (χ4n) is 1.59. The maximum Gasteiger partial charge on any atom is 0.303 e. The Morgan fingerprint density at radius 1 is 1.53 bits per heavy atom. The standard InChI is InChI=1S/C12H17NO4/c1-7-5-11(17-2)8(6-10(7)14)9(13)3-4-12(15)16/h5-6,9,14H,3-4,13H2,1-2H3,(H,15,16). The van der Waals surface area contributed by atoms with Gasteiger partial charge in [0, 0.05) is 18.0 Å². The minimum Gasteiger partial charge on any atom is -0.508 e. The van der Waals surface area contributed by atoms with Gasteiger partial charge in [-0.15, -0.1) is 0 Å². The number of phenols is 1. The van der Waals surface area contributed by atoms with Gasteiger partial charge in [0.2, 0.25) is 0 Å². The lowest BCUT2D eigenvalue weighted by molar-refractivity contribution is -0.137. The van der Waals surface area contributed by atoms with Crippen LogP contribution in [0.5, 0.6) is 11.5 Å². The van der Waals surface area contributed by atoms with Crippen molar-refractivity contribution in [2.45, 2.75) is 25.8 Å². The van der Waals surface area contributed by atoms with Gasteiger partial charge in [0.15, 0.2) is 0 Å². The number of phenolic OH excluding ortho intramolecular Hbond substituents is 1. The molecule has 0 bridgehead atoms. The number of benzene rings is 1. The fraction of sp³-hybridized carbons (Fsp3) is 0.417. The number of carbonyl (C=O) groups is 1. The molecule has 0 aliphatic heterocycles. The molecule has 4 N–H and O–H groups in total. The number of hydrogen-bond donors (Lipinski definition) is 3. The van der Waals surface area contributed by atoms with Gasteiger partial charge in [0.1, 0.15) is 11.5 Å². The van der Waals surface area contributed by atoms with E-state index < -0.39 is 12.0 Å². The van der Waals surface area contributed by atoms with Crippen molar-refractivity contribution in [1.82, 2.24) is 0 Å². The normalized spacial score (nSPS) is 12.2. The van der Waals surface area contributed by atoms with Gasteiger partial charge in [-0.2, -0.15) is 0 Å². The Labute approximate surface area is 99.8 Å².